The summed E-state index contributed by atoms with van der Waals surface area (Å²) in [7, 11) is 0. The van der Waals surface area contributed by atoms with Gasteiger partial charge in [-0.25, -0.2) is 9.97 Å². The van der Waals surface area contributed by atoms with Crippen molar-refractivity contribution in [2.24, 2.45) is 0 Å². The van der Waals surface area contributed by atoms with Gasteiger partial charge in [-0.1, -0.05) is 20.8 Å². The Morgan fingerprint density at radius 1 is 1.11 bits per heavy atom. The molecule has 6 heteroatoms. The highest BCUT2D eigenvalue weighted by Gasteiger charge is 2.22. The molecule has 4 nitrogen and oxygen atoms in total. The van der Waals surface area contributed by atoms with Crippen LogP contribution in [0.4, 0.5) is 5.82 Å². The summed E-state index contributed by atoms with van der Waals surface area (Å²) in [5, 5.41) is 0. The number of aromatic nitrogens is 3. The number of rotatable bonds is 1. The number of hydrogen-bond donors (Lipinski definition) is 1. The standard InChI is InChI=1S/C13H14Br2N4/c1-13(2,3)10-9(15)11(16)19-12(18-10)8-5-4-7(14)6-17-8/h4-6H,1-3H3,(H2,16,18,19). The summed E-state index contributed by atoms with van der Waals surface area (Å²) < 4.78 is 1.67. The molecule has 2 heterocycles. The van der Waals surface area contributed by atoms with Crippen molar-refractivity contribution < 1.29 is 0 Å². The summed E-state index contributed by atoms with van der Waals surface area (Å²) in [6, 6.07) is 3.76. The van der Waals surface area contributed by atoms with Crippen molar-refractivity contribution in [3.8, 4) is 11.5 Å². The lowest BCUT2D eigenvalue weighted by molar-refractivity contribution is 0.564. The van der Waals surface area contributed by atoms with Gasteiger partial charge >= 0.3 is 0 Å². The number of hydrogen-bond acceptors (Lipinski definition) is 4. The Morgan fingerprint density at radius 2 is 1.79 bits per heavy atom. The topological polar surface area (TPSA) is 64.7 Å². The minimum Gasteiger partial charge on any atom is -0.383 e. The molecule has 0 aliphatic heterocycles. The van der Waals surface area contributed by atoms with Crippen molar-refractivity contribution in [3.05, 3.63) is 33.0 Å². The van der Waals surface area contributed by atoms with E-state index in [2.05, 4.69) is 67.6 Å². The summed E-state index contributed by atoms with van der Waals surface area (Å²) in [5.74, 6) is 0.970. The van der Waals surface area contributed by atoms with Crippen molar-refractivity contribution in [2.75, 3.05) is 5.73 Å². The van der Waals surface area contributed by atoms with E-state index in [1.54, 1.807) is 6.20 Å². The first-order valence-electron chi connectivity index (χ1n) is 5.74. The molecule has 0 radical (unpaired) electrons. The van der Waals surface area contributed by atoms with E-state index in [9.17, 15) is 0 Å². The molecule has 2 N–H and O–H groups in total. The Balaban J connectivity index is 2.60. The number of nitrogens with zero attached hydrogens (tertiary/aromatic N) is 3. The normalized spacial score (nSPS) is 11.6. The Kier molecular flexibility index (Phi) is 3.92. The molecular formula is C13H14Br2N4. The van der Waals surface area contributed by atoms with Crippen LogP contribution in [-0.2, 0) is 5.41 Å². The Labute approximate surface area is 129 Å². The molecule has 0 bridgehead atoms. The molecule has 0 amide bonds. The molecular weight excluding hydrogens is 372 g/mol. The molecule has 0 aromatic carbocycles. The number of pyridine rings is 1. The zero-order valence-electron chi connectivity index (χ0n) is 10.9. The van der Waals surface area contributed by atoms with Gasteiger partial charge in [-0.15, -0.1) is 0 Å². The van der Waals surface area contributed by atoms with Crippen LogP contribution in [0.5, 0.6) is 0 Å². The molecule has 0 saturated carbocycles. The van der Waals surface area contributed by atoms with E-state index in [1.165, 1.54) is 0 Å². The van der Waals surface area contributed by atoms with Gasteiger partial charge in [0.1, 0.15) is 11.5 Å². The molecule has 100 valence electrons. The average molecular weight is 386 g/mol. The zero-order valence-corrected chi connectivity index (χ0v) is 14.1. The average Bonchev–Trinajstić information content (AvgIpc) is 2.32. The van der Waals surface area contributed by atoms with Crippen LogP contribution in [0.25, 0.3) is 11.5 Å². The lowest BCUT2D eigenvalue weighted by atomic mass is 9.92. The van der Waals surface area contributed by atoms with E-state index >= 15 is 0 Å². The van der Waals surface area contributed by atoms with E-state index in [4.69, 9.17) is 5.73 Å². The van der Waals surface area contributed by atoms with Gasteiger partial charge in [-0.2, -0.15) is 0 Å². The van der Waals surface area contributed by atoms with Gasteiger partial charge in [-0.3, -0.25) is 4.98 Å². The zero-order chi connectivity index (χ0) is 14.2. The first-order valence-corrected chi connectivity index (χ1v) is 7.33. The number of nitrogen functional groups attached to an aromatic ring is 1. The third kappa shape index (κ3) is 3.12. The minimum atomic E-state index is -0.125. The molecule has 0 spiro atoms. The van der Waals surface area contributed by atoms with E-state index < -0.39 is 0 Å². The van der Waals surface area contributed by atoms with Crippen molar-refractivity contribution in [1.82, 2.24) is 15.0 Å². The van der Waals surface area contributed by atoms with Crippen molar-refractivity contribution in [2.45, 2.75) is 26.2 Å². The highest BCUT2D eigenvalue weighted by atomic mass is 79.9. The monoisotopic (exact) mass is 384 g/mol. The Morgan fingerprint density at radius 3 is 2.32 bits per heavy atom. The maximum Gasteiger partial charge on any atom is 0.180 e. The van der Waals surface area contributed by atoms with Crippen LogP contribution in [0, 0.1) is 0 Å². The second kappa shape index (κ2) is 5.17. The van der Waals surface area contributed by atoms with Gasteiger partial charge < -0.3 is 5.73 Å². The van der Waals surface area contributed by atoms with Crippen LogP contribution in [0.2, 0.25) is 0 Å². The van der Waals surface area contributed by atoms with E-state index in [-0.39, 0.29) is 5.41 Å². The third-order valence-electron chi connectivity index (χ3n) is 2.54. The predicted molar refractivity (Wildman–Crippen MR) is 83.8 cm³/mol. The highest BCUT2D eigenvalue weighted by Crippen LogP contribution is 2.32. The van der Waals surface area contributed by atoms with Gasteiger partial charge in [0.05, 0.1) is 10.2 Å². The SMILES string of the molecule is CC(C)(C)c1nc(-c2ccc(Br)cn2)nc(N)c1Br. The molecule has 0 atom stereocenters. The lowest BCUT2D eigenvalue weighted by Crippen LogP contribution is -2.17. The lowest BCUT2D eigenvalue weighted by Gasteiger charge is -2.20. The van der Waals surface area contributed by atoms with Gasteiger partial charge in [0.15, 0.2) is 5.82 Å². The molecule has 0 aliphatic carbocycles. The number of halogens is 2. The molecule has 2 aromatic rings. The summed E-state index contributed by atoms with van der Waals surface area (Å²) >= 11 is 6.81. The fraction of sp³-hybridized carbons (Fsp3) is 0.308. The molecule has 2 rings (SSSR count). The van der Waals surface area contributed by atoms with Crippen molar-refractivity contribution in [1.29, 1.82) is 0 Å². The van der Waals surface area contributed by atoms with Crippen molar-refractivity contribution >= 4 is 37.7 Å². The maximum absolute atomic E-state index is 5.95. The molecule has 2 aromatic heterocycles. The van der Waals surface area contributed by atoms with E-state index in [1.807, 2.05) is 12.1 Å². The maximum atomic E-state index is 5.95. The Hall–Kier alpha value is -1.01. The molecule has 0 saturated heterocycles. The number of anilines is 1. The largest absolute Gasteiger partial charge is 0.383 e. The van der Waals surface area contributed by atoms with Crippen molar-refractivity contribution in [3.63, 3.8) is 0 Å². The smallest absolute Gasteiger partial charge is 0.180 e. The molecule has 0 fully saturated rings. The van der Waals surface area contributed by atoms with Gasteiger partial charge in [-0.05, 0) is 44.0 Å². The van der Waals surface area contributed by atoms with Crippen LogP contribution < -0.4 is 5.73 Å². The quantitative estimate of drug-likeness (QED) is 0.807. The van der Waals surface area contributed by atoms with Crippen LogP contribution in [0.1, 0.15) is 26.5 Å². The fourth-order valence-electron chi connectivity index (χ4n) is 1.58. The Bertz CT molecular complexity index is 603. The molecule has 0 unspecified atom stereocenters. The number of nitrogens with two attached hydrogens (primary N) is 1. The second-order valence-electron chi connectivity index (χ2n) is 5.21. The second-order valence-corrected chi connectivity index (χ2v) is 6.92. The first kappa shape index (κ1) is 14.4. The fourth-order valence-corrected chi connectivity index (χ4v) is 2.59. The van der Waals surface area contributed by atoms with E-state index in [0.717, 1.165) is 14.6 Å². The molecule has 0 aliphatic rings. The van der Waals surface area contributed by atoms with Gasteiger partial charge in [0.2, 0.25) is 0 Å². The first-order chi connectivity index (χ1) is 8.79. The van der Waals surface area contributed by atoms with Crippen LogP contribution in [0.15, 0.2) is 27.3 Å². The van der Waals surface area contributed by atoms with Crippen LogP contribution >= 0.6 is 31.9 Å². The highest BCUT2D eigenvalue weighted by molar-refractivity contribution is 9.10. The molecule has 19 heavy (non-hydrogen) atoms. The summed E-state index contributed by atoms with van der Waals surface area (Å²) in [4.78, 5) is 13.2. The third-order valence-corrected chi connectivity index (χ3v) is 3.79. The predicted octanol–water partition coefficient (Wildman–Crippen LogP) is 3.94. The van der Waals surface area contributed by atoms with Gasteiger partial charge in [0.25, 0.3) is 0 Å². The van der Waals surface area contributed by atoms with Crippen LogP contribution in [0.3, 0.4) is 0 Å². The minimum absolute atomic E-state index is 0.125. The van der Waals surface area contributed by atoms with Crippen LogP contribution in [-0.4, -0.2) is 15.0 Å². The van der Waals surface area contributed by atoms with Gasteiger partial charge in [0, 0.05) is 16.1 Å². The summed E-state index contributed by atoms with van der Waals surface area (Å²) in [5.41, 5.74) is 7.40. The summed E-state index contributed by atoms with van der Waals surface area (Å²) in [6.45, 7) is 6.25. The summed E-state index contributed by atoms with van der Waals surface area (Å²) in [6.07, 6.45) is 1.72. The van der Waals surface area contributed by atoms with E-state index in [0.29, 0.717) is 17.3 Å².